The van der Waals surface area contributed by atoms with Gasteiger partial charge in [-0.2, -0.15) is 0 Å². The molecule has 1 aliphatic rings. The van der Waals surface area contributed by atoms with Gasteiger partial charge in [-0.25, -0.2) is 0 Å². The Bertz CT molecular complexity index is 611. The molecule has 2 amide bonds. The first kappa shape index (κ1) is 23.0. The predicted molar refractivity (Wildman–Crippen MR) is 107 cm³/mol. The molecule has 1 aromatic rings. The van der Waals surface area contributed by atoms with E-state index < -0.39 is 6.04 Å². The van der Waals surface area contributed by atoms with Gasteiger partial charge in [0.25, 0.3) is 5.91 Å². The molecule has 7 nitrogen and oxygen atoms in total. The molecular formula is C19H30ClN3O4. The SMILES string of the molecule is COc1cc(OC)cc(C(=O)NC(C(=O)NC2CCCNC2)C(C)C)c1.Cl. The number of hydrogen-bond donors (Lipinski definition) is 3. The van der Waals surface area contributed by atoms with Crippen molar-refractivity contribution in [3.05, 3.63) is 23.8 Å². The Morgan fingerprint density at radius 1 is 1.15 bits per heavy atom. The van der Waals surface area contributed by atoms with E-state index in [4.69, 9.17) is 9.47 Å². The van der Waals surface area contributed by atoms with E-state index in [1.165, 1.54) is 14.2 Å². The van der Waals surface area contributed by atoms with E-state index in [2.05, 4.69) is 16.0 Å². The number of piperidine rings is 1. The van der Waals surface area contributed by atoms with Crippen LogP contribution in [0.4, 0.5) is 0 Å². The van der Waals surface area contributed by atoms with Gasteiger partial charge >= 0.3 is 0 Å². The highest BCUT2D eigenvalue weighted by molar-refractivity contribution is 5.98. The van der Waals surface area contributed by atoms with E-state index in [-0.39, 0.29) is 36.2 Å². The minimum atomic E-state index is -0.610. The summed E-state index contributed by atoms with van der Waals surface area (Å²) in [6.45, 7) is 5.57. The second-order valence-corrected chi connectivity index (χ2v) is 6.85. The third kappa shape index (κ3) is 6.59. The van der Waals surface area contributed by atoms with Crippen LogP contribution in [0.15, 0.2) is 18.2 Å². The van der Waals surface area contributed by atoms with Crippen molar-refractivity contribution in [2.75, 3.05) is 27.3 Å². The minimum Gasteiger partial charge on any atom is -0.497 e. The van der Waals surface area contributed by atoms with Crippen molar-refractivity contribution in [2.24, 2.45) is 5.92 Å². The molecular weight excluding hydrogens is 370 g/mol. The molecule has 3 N–H and O–H groups in total. The van der Waals surface area contributed by atoms with Gasteiger partial charge in [-0.1, -0.05) is 13.8 Å². The fourth-order valence-electron chi connectivity index (χ4n) is 2.96. The summed E-state index contributed by atoms with van der Waals surface area (Å²) in [5.74, 6) is 0.513. The molecule has 0 radical (unpaired) electrons. The lowest BCUT2D eigenvalue weighted by Gasteiger charge is -2.28. The molecule has 1 fully saturated rings. The maximum atomic E-state index is 12.7. The largest absolute Gasteiger partial charge is 0.497 e. The zero-order valence-electron chi connectivity index (χ0n) is 16.3. The maximum Gasteiger partial charge on any atom is 0.252 e. The molecule has 0 spiro atoms. The van der Waals surface area contributed by atoms with E-state index in [0.717, 1.165) is 25.9 Å². The van der Waals surface area contributed by atoms with Crippen molar-refractivity contribution >= 4 is 24.2 Å². The predicted octanol–water partition coefficient (Wildman–Crippen LogP) is 1.75. The highest BCUT2D eigenvalue weighted by atomic mass is 35.5. The fourth-order valence-corrected chi connectivity index (χ4v) is 2.96. The Morgan fingerprint density at radius 3 is 2.26 bits per heavy atom. The van der Waals surface area contributed by atoms with Gasteiger partial charge in [0.1, 0.15) is 17.5 Å². The summed E-state index contributed by atoms with van der Waals surface area (Å²) in [5.41, 5.74) is 0.388. The summed E-state index contributed by atoms with van der Waals surface area (Å²) in [6, 6.07) is 4.43. The molecule has 2 rings (SSSR count). The van der Waals surface area contributed by atoms with Crippen LogP contribution in [0.5, 0.6) is 11.5 Å². The number of carbonyl (C=O) groups excluding carboxylic acids is 2. The van der Waals surface area contributed by atoms with Crippen molar-refractivity contribution in [3.8, 4) is 11.5 Å². The summed E-state index contributed by atoms with van der Waals surface area (Å²) >= 11 is 0. The van der Waals surface area contributed by atoms with Gasteiger partial charge in [0.05, 0.1) is 14.2 Å². The summed E-state index contributed by atoms with van der Waals surface area (Å²) in [6.07, 6.45) is 1.98. The van der Waals surface area contributed by atoms with Gasteiger partial charge in [0.2, 0.25) is 5.91 Å². The Labute approximate surface area is 167 Å². The summed E-state index contributed by atoms with van der Waals surface area (Å²) < 4.78 is 10.4. The van der Waals surface area contributed by atoms with Gasteiger partial charge in [-0.15, -0.1) is 12.4 Å². The molecule has 8 heteroatoms. The summed E-state index contributed by atoms with van der Waals surface area (Å²) in [7, 11) is 3.05. The fraction of sp³-hybridized carbons (Fsp3) is 0.579. The summed E-state index contributed by atoms with van der Waals surface area (Å²) in [5, 5.41) is 9.15. The average Bonchev–Trinajstić information content (AvgIpc) is 2.65. The third-order valence-corrected chi connectivity index (χ3v) is 4.49. The first-order chi connectivity index (χ1) is 12.4. The molecule has 1 aliphatic heterocycles. The van der Waals surface area contributed by atoms with Crippen molar-refractivity contribution in [1.29, 1.82) is 0 Å². The average molecular weight is 400 g/mol. The van der Waals surface area contributed by atoms with Gasteiger partial charge in [0.15, 0.2) is 0 Å². The molecule has 2 atom stereocenters. The standard InChI is InChI=1S/C19H29N3O4.ClH/c1-12(2)17(19(24)21-14-6-5-7-20-11-14)22-18(23)13-8-15(25-3)10-16(9-13)26-4;/h8-10,12,14,17,20H,5-7,11H2,1-4H3,(H,21,24)(H,22,23);1H. The summed E-state index contributed by atoms with van der Waals surface area (Å²) in [4.78, 5) is 25.3. The van der Waals surface area contributed by atoms with Gasteiger partial charge in [-0.3, -0.25) is 9.59 Å². The molecule has 0 aromatic heterocycles. The van der Waals surface area contributed by atoms with Gasteiger partial charge in [0, 0.05) is 24.2 Å². The quantitative estimate of drug-likeness (QED) is 0.650. The first-order valence-corrected chi connectivity index (χ1v) is 8.99. The highest BCUT2D eigenvalue weighted by Gasteiger charge is 2.27. The number of hydrogen-bond acceptors (Lipinski definition) is 5. The van der Waals surface area contributed by atoms with E-state index in [0.29, 0.717) is 17.1 Å². The van der Waals surface area contributed by atoms with E-state index in [9.17, 15) is 9.59 Å². The van der Waals surface area contributed by atoms with Crippen LogP contribution >= 0.6 is 12.4 Å². The third-order valence-electron chi connectivity index (χ3n) is 4.49. The number of benzene rings is 1. The monoisotopic (exact) mass is 399 g/mol. The number of ether oxygens (including phenoxy) is 2. The van der Waals surface area contributed by atoms with E-state index >= 15 is 0 Å². The van der Waals surface area contributed by atoms with Crippen molar-refractivity contribution in [3.63, 3.8) is 0 Å². The van der Waals surface area contributed by atoms with Gasteiger partial charge < -0.3 is 25.4 Å². The number of methoxy groups -OCH3 is 2. The molecule has 27 heavy (non-hydrogen) atoms. The second-order valence-electron chi connectivity index (χ2n) is 6.85. The molecule has 1 heterocycles. The number of rotatable bonds is 7. The topological polar surface area (TPSA) is 88.7 Å². The van der Waals surface area contributed by atoms with Crippen LogP contribution in [-0.4, -0.2) is 51.2 Å². The lowest BCUT2D eigenvalue weighted by Crippen LogP contribution is -2.54. The Balaban J connectivity index is 0.00000364. The van der Waals surface area contributed by atoms with Crippen LogP contribution in [0.2, 0.25) is 0 Å². The Morgan fingerprint density at radius 2 is 1.78 bits per heavy atom. The van der Waals surface area contributed by atoms with E-state index in [1.54, 1.807) is 18.2 Å². The zero-order valence-corrected chi connectivity index (χ0v) is 17.2. The highest BCUT2D eigenvalue weighted by Crippen LogP contribution is 2.22. The van der Waals surface area contributed by atoms with Crippen molar-refractivity contribution in [1.82, 2.24) is 16.0 Å². The number of nitrogens with one attached hydrogen (secondary N) is 3. The van der Waals surface area contributed by atoms with Crippen LogP contribution in [0.1, 0.15) is 37.0 Å². The van der Waals surface area contributed by atoms with E-state index in [1.807, 2.05) is 13.8 Å². The molecule has 2 unspecified atom stereocenters. The normalized spacial score (nSPS) is 17.4. The lowest BCUT2D eigenvalue weighted by molar-refractivity contribution is -0.124. The number of carbonyl (C=O) groups is 2. The smallest absolute Gasteiger partial charge is 0.252 e. The molecule has 1 aromatic carbocycles. The van der Waals surface area contributed by atoms with Crippen molar-refractivity contribution < 1.29 is 19.1 Å². The lowest BCUT2D eigenvalue weighted by atomic mass is 10.0. The van der Waals surface area contributed by atoms with Crippen LogP contribution in [0.25, 0.3) is 0 Å². The molecule has 0 bridgehead atoms. The van der Waals surface area contributed by atoms with Gasteiger partial charge in [-0.05, 0) is 37.4 Å². The molecule has 1 saturated heterocycles. The second kappa shape index (κ2) is 11.0. The number of halogens is 1. The van der Waals surface area contributed by atoms with Crippen LogP contribution in [0.3, 0.4) is 0 Å². The maximum absolute atomic E-state index is 12.7. The number of amides is 2. The Kier molecular flexibility index (Phi) is 9.38. The molecule has 0 aliphatic carbocycles. The van der Waals surface area contributed by atoms with Crippen LogP contribution < -0.4 is 25.4 Å². The molecule has 0 saturated carbocycles. The first-order valence-electron chi connectivity index (χ1n) is 8.99. The van der Waals surface area contributed by atoms with Crippen LogP contribution in [0, 0.1) is 5.92 Å². The van der Waals surface area contributed by atoms with Crippen LogP contribution in [-0.2, 0) is 4.79 Å². The molecule has 152 valence electrons. The minimum absolute atomic E-state index is 0. The zero-order chi connectivity index (χ0) is 19.1. The van der Waals surface area contributed by atoms with Crippen molar-refractivity contribution in [2.45, 2.75) is 38.8 Å². The Hall–Kier alpha value is -1.99.